The summed E-state index contributed by atoms with van der Waals surface area (Å²) in [6.07, 6.45) is 0. The lowest BCUT2D eigenvalue weighted by molar-refractivity contribution is 0.593. The maximum absolute atomic E-state index is 10.4. The lowest BCUT2D eigenvalue weighted by atomic mass is 11.0. The van der Waals surface area contributed by atoms with E-state index in [2.05, 4.69) is 14.7 Å². The summed E-state index contributed by atoms with van der Waals surface area (Å²) < 4.78 is 24.1. The molecule has 0 amide bonds. The van der Waals surface area contributed by atoms with Crippen LogP contribution in [0.25, 0.3) is 0 Å². The van der Waals surface area contributed by atoms with Gasteiger partial charge in [-0.25, -0.2) is 13.6 Å². The molecule has 0 aliphatic rings. The van der Waals surface area contributed by atoms with Gasteiger partial charge in [-0.1, -0.05) is 4.49 Å². The molecule has 0 aromatic carbocycles. The van der Waals surface area contributed by atoms with Crippen molar-refractivity contribution in [2.24, 2.45) is 5.14 Å². The Kier molecular flexibility index (Phi) is 1.47. The third-order valence-electron chi connectivity index (χ3n) is 0.632. The quantitative estimate of drug-likeness (QED) is 0.589. The number of sulfonamides is 1. The van der Waals surface area contributed by atoms with Gasteiger partial charge in [0.15, 0.2) is 0 Å². The van der Waals surface area contributed by atoms with Gasteiger partial charge in [-0.2, -0.15) is 0 Å². The van der Waals surface area contributed by atoms with Crippen LogP contribution in [0.5, 0.6) is 0 Å². The Morgan fingerprint density at radius 2 is 2.33 bits per heavy atom. The predicted molar refractivity (Wildman–Crippen MR) is 31.3 cm³/mol. The fourth-order valence-corrected chi connectivity index (χ4v) is 1.47. The second kappa shape index (κ2) is 2.01. The third kappa shape index (κ3) is 1.44. The largest absolute Gasteiger partial charge is 0.258 e. The van der Waals surface area contributed by atoms with E-state index in [1.807, 2.05) is 0 Å². The Bertz CT molecular complexity index is 275. The number of hydrogen-bond acceptors (Lipinski definition) is 5. The summed E-state index contributed by atoms with van der Waals surface area (Å²) in [6, 6.07) is 0. The molecule has 0 bridgehead atoms. The predicted octanol–water partition coefficient (Wildman–Crippen LogP) is -0.814. The van der Waals surface area contributed by atoms with Crippen molar-refractivity contribution in [3.8, 4) is 0 Å². The lowest BCUT2D eigenvalue weighted by Crippen LogP contribution is -2.12. The van der Waals surface area contributed by atoms with Crippen molar-refractivity contribution in [2.45, 2.75) is 5.03 Å². The summed E-state index contributed by atoms with van der Waals surface area (Å²) in [7, 11) is -3.62. The van der Waals surface area contributed by atoms with Crippen LogP contribution in [0.2, 0.25) is 0 Å². The van der Waals surface area contributed by atoms with Gasteiger partial charge in [-0.05, 0) is 11.5 Å². The second-order valence-corrected chi connectivity index (χ2v) is 3.41. The van der Waals surface area contributed by atoms with Crippen molar-refractivity contribution in [3.63, 3.8) is 0 Å². The van der Waals surface area contributed by atoms with E-state index < -0.39 is 10.0 Å². The highest BCUT2D eigenvalue weighted by Gasteiger charge is 2.09. The maximum Gasteiger partial charge on any atom is 0.258 e. The molecule has 1 rings (SSSR count). The molecule has 0 fully saturated rings. The highest BCUT2D eigenvalue weighted by atomic mass is 32.2. The molecule has 7 heteroatoms. The minimum atomic E-state index is -3.62. The van der Waals surface area contributed by atoms with E-state index in [0.29, 0.717) is 0 Å². The van der Waals surface area contributed by atoms with E-state index in [4.69, 9.17) is 0 Å². The molecule has 0 saturated heterocycles. The van der Waals surface area contributed by atoms with Gasteiger partial charge in [0.1, 0.15) is 0 Å². The van der Waals surface area contributed by atoms with E-state index >= 15 is 0 Å². The first kappa shape index (κ1) is 6.59. The van der Waals surface area contributed by atoms with E-state index in [1.165, 1.54) is 5.38 Å². The average Bonchev–Trinajstić information content (AvgIpc) is 2.08. The van der Waals surface area contributed by atoms with Crippen LogP contribution in [0, 0.1) is 0 Å². The van der Waals surface area contributed by atoms with E-state index in [-0.39, 0.29) is 5.03 Å². The smallest absolute Gasteiger partial charge is 0.223 e. The number of hydrogen-bond donors (Lipinski definition) is 1. The molecule has 2 N–H and O–H groups in total. The summed E-state index contributed by atoms with van der Waals surface area (Å²) in [6.45, 7) is 0. The van der Waals surface area contributed by atoms with Crippen molar-refractivity contribution in [2.75, 3.05) is 0 Å². The first-order valence-electron chi connectivity index (χ1n) is 1.90. The van der Waals surface area contributed by atoms with Crippen molar-refractivity contribution >= 4 is 21.6 Å². The Morgan fingerprint density at radius 3 is 2.56 bits per heavy atom. The van der Waals surface area contributed by atoms with Gasteiger partial charge in [0.2, 0.25) is 5.03 Å². The SMILES string of the molecule is NS(=O)(=O)c1csnn1. The highest BCUT2D eigenvalue weighted by molar-refractivity contribution is 7.89. The van der Waals surface area contributed by atoms with Gasteiger partial charge >= 0.3 is 0 Å². The molecule has 0 atom stereocenters. The zero-order chi connectivity index (χ0) is 6.91. The molecule has 0 aliphatic carbocycles. The van der Waals surface area contributed by atoms with Crippen molar-refractivity contribution < 1.29 is 8.42 Å². The van der Waals surface area contributed by atoms with Gasteiger partial charge in [0.25, 0.3) is 10.0 Å². The highest BCUT2D eigenvalue weighted by Crippen LogP contribution is 2.01. The standard InChI is InChI=1S/C2H3N3O2S2/c3-9(6,7)2-1-8-5-4-2/h1H,(H2,3,6,7). The Hall–Kier alpha value is -0.530. The number of nitrogens with two attached hydrogens (primary N) is 1. The molecule has 5 nitrogen and oxygen atoms in total. The minimum Gasteiger partial charge on any atom is -0.223 e. The second-order valence-electron chi connectivity index (χ2n) is 1.29. The molecule has 0 radical (unpaired) electrons. The summed E-state index contributed by atoms with van der Waals surface area (Å²) in [5.74, 6) is 0. The molecule has 0 aliphatic heterocycles. The number of primary sulfonamides is 1. The van der Waals surface area contributed by atoms with Gasteiger partial charge in [-0.15, -0.1) is 5.10 Å². The van der Waals surface area contributed by atoms with Crippen LogP contribution in [0.15, 0.2) is 10.4 Å². The average molecular weight is 165 g/mol. The Morgan fingerprint density at radius 1 is 1.67 bits per heavy atom. The summed E-state index contributed by atoms with van der Waals surface area (Å²) in [5.41, 5.74) is 0. The molecular formula is C2H3N3O2S2. The summed E-state index contributed by atoms with van der Waals surface area (Å²) >= 11 is 0.946. The van der Waals surface area contributed by atoms with Crippen molar-refractivity contribution in [1.29, 1.82) is 0 Å². The van der Waals surface area contributed by atoms with Crippen LogP contribution >= 0.6 is 11.5 Å². The summed E-state index contributed by atoms with van der Waals surface area (Å²) in [4.78, 5) is 0. The molecule has 1 aromatic rings. The zero-order valence-electron chi connectivity index (χ0n) is 4.18. The van der Waals surface area contributed by atoms with Gasteiger partial charge in [0.05, 0.1) is 5.38 Å². The lowest BCUT2D eigenvalue weighted by Gasteiger charge is -1.83. The molecule has 0 saturated carbocycles. The third-order valence-corrected chi connectivity index (χ3v) is 2.07. The van der Waals surface area contributed by atoms with Crippen LogP contribution in [0.4, 0.5) is 0 Å². The molecule has 0 unspecified atom stereocenters. The molecule has 1 aromatic heterocycles. The monoisotopic (exact) mass is 165 g/mol. The van der Waals surface area contributed by atoms with Gasteiger partial charge < -0.3 is 0 Å². The van der Waals surface area contributed by atoms with Gasteiger partial charge in [-0.3, -0.25) is 0 Å². The zero-order valence-corrected chi connectivity index (χ0v) is 5.82. The van der Waals surface area contributed by atoms with E-state index in [9.17, 15) is 8.42 Å². The van der Waals surface area contributed by atoms with Crippen LogP contribution in [0.1, 0.15) is 0 Å². The maximum atomic E-state index is 10.4. The molecular weight excluding hydrogens is 162 g/mol. The van der Waals surface area contributed by atoms with Crippen LogP contribution in [-0.2, 0) is 10.0 Å². The topological polar surface area (TPSA) is 85.9 Å². The molecule has 0 spiro atoms. The van der Waals surface area contributed by atoms with E-state index in [0.717, 1.165) is 11.5 Å². The van der Waals surface area contributed by atoms with Crippen LogP contribution < -0.4 is 5.14 Å². The van der Waals surface area contributed by atoms with Crippen LogP contribution in [0.3, 0.4) is 0 Å². The van der Waals surface area contributed by atoms with E-state index in [1.54, 1.807) is 0 Å². The summed E-state index contributed by atoms with van der Waals surface area (Å²) in [5, 5.41) is 9.02. The Labute approximate surface area is 55.7 Å². The first-order chi connectivity index (χ1) is 4.11. The fourth-order valence-electron chi connectivity index (χ4n) is 0.280. The number of rotatable bonds is 1. The molecule has 50 valence electrons. The number of aromatic nitrogens is 2. The van der Waals surface area contributed by atoms with Crippen LogP contribution in [-0.4, -0.2) is 18.0 Å². The molecule has 1 heterocycles. The number of nitrogens with zero attached hydrogens (tertiary/aromatic N) is 2. The minimum absolute atomic E-state index is 0.174. The normalized spacial score (nSPS) is 11.7. The first-order valence-corrected chi connectivity index (χ1v) is 4.29. The van der Waals surface area contributed by atoms with Crippen molar-refractivity contribution in [1.82, 2.24) is 9.59 Å². The molecule has 9 heavy (non-hydrogen) atoms. The Balaban J connectivity index is 3.20. The van der Waals surface area contributed by atoms with Gasteiger partial charge in [0, 0.05) is 0 Å². The van der Waals surface area contributed by atoms with Crippen molar-refractivity contribution in [3.05, 3.63) is 5.38 Å². The fraction of sp³-hybridized carbons (Fsp3) is 0.